The smallest absolute Gasteiger partial charge is 0.257 e. The van der Waals surface area contributed by atoms with Gasteiger partial charge in [0.2, 0.25) is 0 Å². The van der Waals surface area contributed by atoms with Crippen LogP contribution in [0.4, 0.5) is 11.4 Å². The third-order valence-corrected chi connectivity index (χ3v) is 7.84. The highest BCUT2D eigenvalue weighted by molar-refractivity contribution is 6.39. The van der Waals surface area contributed by atoms with E-state index >= 15 is 0 Å². The van der Waals surface area contributed by atoms with Gasteiger partial charge in [-0.25, -0.2) is 0 Å². The van der Waals surface area contributed by atoms with E-state index in [-0.39, 0.29) is 21.5 Å². The molecule has 7 nitrogen and oxygen atoms in total. The zero-order valence-electron chi connectivity index (χ0n) is 20.0. The number of halogens is 2. The maximum absolute atomic E-state index is 13.0. The van der Waals surface area contributed by atoms with E-state index in [2.05, 4.69) is 45.1 Å². The van der Waals surface area contributed by atoms with Gasteiger partial charge in [0.05, 0.1) is 17.4 Å². The number of para-hydroxylation sites is 1. The van der Waals surface area contributed by atoms with Crippen molar-refractivity contribution < 1.29 is 9.52 Å². The van der Waals surface area contributed by atoms with Crippen molar-refractivity contribution in [3.8, 4) is 0 Å². The number of likely N-dealkylation sites (tertiary alicyclic amines) is 2. The Morgan fingerprint density at radius 2 is 1.56 bits per heavy atom. The number of benzene rings is 1. The number of piperidine rings is 2. The molecular weight excluding hydrogens is 497 g/mol. The van der Waals surface area contributed by atoms with Crippen LogP contribution in [0.3, 0.4) is 0 Å². The monoisotopic (exact) mass is 525 g/mol. The molecule has 0 aliphatic carbocycles. The van der Waals surface area contributed by atoms with E-state index in [1.165, 1.54) is 18.1 Å². The first-order chi connectivity index (χ1) is 17.5. The Kier molecular flexibility index (Phi) is 7.60. The first-order valence-corrected chi connectivity index (χ1v) is 13.1. The molecule has 1 amide bonds. The second-order valence-corrected chi connectivity index (χ2v) is 10.2. The fraction of sp³-hybridized carbons (Fsp3) is 0.370. The van der Waals surface area contributed by atoms with Crippen molar-refractivity contribution in [3.05, 3.63) is 88.1 Å². The predicted molar refractivity (Wildman–Crippen MR) is 142 cm³/mol. The van der Waals surface area contributed by atoms with Crippen LogP contribution in [-0.4, -0.2) is 59.0 Å². The molecule has 0 bridgehead atoms. The summed E-state index contributed by atoms with van der Waals surface area (Å²) in [6, 6.07) is 15.5. The number of hydrogen-bond acceptors (Lipinski definition) is 5. The minimum atomic E-state index is -0.210. The predicted octanol–water partition coefficient (Wildman–Crippen LogP) is 4.93. The molecule has 0 unspecified atom stereocenters. The topological polar surface area (TPSA) is 66.6 Å². The molecule has 0 spiro atoms. The fourth-order valence-corrected chi connectivity index (χ4v) is 6.07. The minimum absolute atomic E-state index is 0.0864. The SMILES string of the molecule is O=C(c1c(Cl)c[n+]([O-])cc1Cl)N1CCC(N2CCC(N(c3ccccc3)c3cccnc3)CC2)CC1. The van der Waals surface area contributed by atoms with Gasteiger partial charge in [0.1, 0.15) is 10.0 Å². The second-order valence-electron chi connectivity index (χ2n) is 9.40. The molecule has 9 heteroatoms. The van der Waals surface area contributed by atoms with Crippen molar-refractivity contribution in [1.82, 2.24) is 14.8 Å². The third-order valence-electron chi connectivity index (χ3n) is 7.26. The lowest BCUT2D eigenvalue weighted by Gasteiger charge is -2.44. The van der Waals surface area contributed by atoms with Gasteiger partial charge in [0.25, 0.3) is 5.91 Å². The van der Waals surface area contributed by atoms with Gasteiger partial charge >= 0.3 is 0 Å². The molecule has 2 saturated heterocycles. The molecule has 0 atom stereocenters. The summed E-state index contributed by atoms with van der Waals surface area (Å²) in [6.07, 6.45) is 10.0. The van der Waals surface area contributed by atoms with E-state index in [4.69, 9.17) is 23.2 Å². The summed E-state index contributed by atoms with van der Waals surface area (Å²) in [5.41, 5.74) is 2.52. The number of amides is 1. The van der Waals surface area contributed by atoms with Crippen LogP contribution in [0.15, 0.2) is 67.3 Å². The summed E-state index contributed by atoms with van der Waals surface area (Å²) >= 11 is 12.3. The highest BCUT2D eigenvalue weighted by Crippen LogP contribution is 2.33. The van der Waals surface area contributed by atoms with Crippen LogP contribution in [0.2, 0.25) is 10.0 Å². The molecule has 0 radical (unpaired) electrons. The van der Waals surface area contributed by atoms with E-state index in [0.29, 0.717) is 29.9 Å². The maximum Gasteiger partial charge on any atom is 0.257 e. The fourth-order valence-electron chi connectivity index (χ4n) is 5.47. The van der Waals surface area contributed by atoms with Crippen molar-refractivity contribution in [3.63, 3.8) is 0 Å². The Balaban J connectivity index is 1.20. The van der Waals surface area contributed by atoms with Crippen LogP contribution in [-0.2, 0) is 0 Å². The van der Waals surface area contributed by atoms with Crippen molar-refractivity contribution in [2.45, 2.75) is 37.8 Å². The van der Waals surface area contributed by atoms with Gasteiger partial charge in [-0.1, -0.05) is 41.4 Å². The molecule has 0 saturated carbocycles. The molecule has 2 aromatic heterocycles. The molecule has 0 N–H and O–H groups in total. The summed E-state index contributed by atoms with van der Waals surface area (Å²) in [7, 11) is 0. The Hall–Kier alpha value is -2.87. The second kappa shape index (κ2) is 11.0. The summed E-state index contributed by atoms with van der Waals surface area (Å²) in [5.74, 6) is -0.210. The molecule has 188 valence electrons. The number of hydrogen-bond donors (Lipinski definition) is 0. The standard InChI is InChI=1S/C27H29Cl2N5O2/c28-24-18-33(36)19-25(29)26(24)27(35)32-15-8-20(9-16-32)31-13-10-22(11-14-31)34(21-5-2-1-3-6-21)23-7-4-12-30-17-23/h1-7,12,17-20,22H,8-11,13-16H2. The maximum atomic E-state index is 13.0. The zero-order valence-corrected chi connectivity index (χ0v) is 21.5. The van der Waals surface area contributed by atoms with Crippen molar-refractivity contribution in [2.24, 2.45) is 0 Å². The normalized spacial score (nSPS) is 17.8. The average molecular weight is 526 g/mol. The number of pyridine rings is 2. The average Bonchev–Trinajstić information content (AvgIpc) is 2.90. The van der Waals surface area contributed by atoms with Crippen LogP contribution < -0.4 is 9.63 Å². The number of aromatic nitrogens is 2. The van der Waals surface area contributed by atoms with Crippen molar-refractivity contribution >= 4 is 40.5 Å². The molecule has 2 fully saturated rings. The molecule has 36 heavy (non-hydrogen) atoms. The van der Waals surface area contributed by atoms with Gasteiger partial charge in [-0.3, -0.25) is 9.78 Å². The van der Waals surface area contributed by atoms with Crippen molar-refractivity contribution in [1.29, 1.82) is 0 Å². The lowest BCUT2D eigenvalue weighted by Crippen LogP contribution is -2.51. The molecule has 5 rings (SSSR count). The zero-order chi connectivity index (χ0) is 25.1. The molecule has 4 heterocycles. The molecule has 2 aliphatic heterocycles. The Morgan fingerprint density at radius 1 is 0.917 bits per heavy atom. The lowest BCUT2D eigenvalue weighted by atomic mass is 9.96. The Bertz CT molecular complexity index is 1120. The first-order valence-electron chi connectivity index (χ1n) is 12.4. The first kappa shape index (κ1) is 24.8. The molecular formula is C27H29Cl2N5O2. The largest absolute Gasteiger partial charge is 0.619 e. The highest BCUT2D eigenvalue weighted by atomic mass is 35.5. The van der Waals surface area contributed by atoms with Gasteiger partial charge < -0.3 is 19.9 Å². The van der Waals surface area contributed by atoms with Crippen LogP contribution >= 0.6 is 23.2 Å². The van der Waals surface area contributed by atoms with E-state index in [0.717, 1.165) is 44.5 Å². The Morgan fingerprint density at radius 3 is 2.17 bits per heavy atom. The number of carbonyl (C=O) groups excluding carboxylic acids is 1. The van der Waals surface area contributed by atoms with Crippen molar-refractivity contribution in [2.75, 3.05) is 31.1 Å². The number of anilines is 2. The molecule has 1 aromatic carbocycles. The molecule has 2 aliphatic rings. The quantitative estimate of drug-likeness (QED) is 0.349. The van der Waals surface area contributed by atoms with Crippen LogP contribution in [0, 0.1) is 5.21 Å². The number of rotatable bonds is 5. The lowest BCUT2D eigenvalue weighted by molar-refractivity contribution is -0.605. The summed E-state index contributed by atoms with van der Waals surface area (Å²) in [4.78, 5) is 24.2. The minimum Gasteiger partial charge on any atom is -0.619 e. The van der Waals surface area contributed by atoms with E-state index < -0.39 is 0 Å². The van der Waals surface area contributed by atoms with Crippen LogP contribution in [0.25, 0.3) is 0 Å². The van der Waals surface area contributed by atoms with E-state index in [1.807, 2.05) is 24.5 Å². The van der Waals surface area contributed by atoms with E-state index in [1.54, 1.807) is 4.90 Å². The van der Waals surface area contributed by atoms with Gasteiger partial charge in [-0.15, -0.1) is 0 Å². The van der Waals surface area contributed by atoms with Gasteiger partial charge in [-0.05, 0) is 49.9 Å². The summed E-state index contributed by atoms with van der Waals surface area (Å²) < 4.78 is 0.518. The third kappa shape index (κ3) is 5.28. The summed E-state index contributed by atoms with van der Waals surface area (Å²) in [5, 5.41) is 11.7. The molecule has 3 aromatic rings. The highest BCUT2D eigenvalue weighted by Gasteiger charge is 2.33. The Labute approximate surface area is 221 Å². The van der Waals surface area contributed by atoms with E-state index in [9.17, 15) is 10.0 Å². The van der Waals surface area contributed by atoms with Gasteiger partial charge in [0, 0.05) is 50.1 Å². The van der Waals surface area contributed by atoms with Gasteiger partial charge in [-0.2, -0.15) is 4.73 Å². The van der Waals surface area contributed by atoms with Crippen LogP contribution in [0.1, 0.15) is 36.0 Å². The number of nitrogens with zero attached hydrogens (tertiary/aromatic N) is 5. The van der Waals surface area contributed by atoms with Crippen LogP contribution in [0.5, 0.6) is 0 Å². The summed E-state index contributed by atoms with van der Waals surface area (Å²) in [6.45, 7) is 3.34. The number of carbonyl (C=O) groups is 1. The van der Waals surface area contributed by atoms with Gasteiger partial charge in [0.15, 0.2) is 12.4 Å².